The first kappa shape index (κ1) is 18.6. The predicted octanol–water partition coefficient (Wildman–Crippen LogP) is 2.85. The van der Waals surface area contributed by atoms with E-state index in [1.54, 1.807) is 17.5 Å². The van der Waals surface area contributed by atoms with Gasteiger partial charge in [0.1, 0.15) is 0 Å². The summed E-state index contributed by atoms with van der Waals surface area (Å²) in [5.41, 5.74) is 0.133. The molecule has 0 radical (unpaired) electrons. The number of halogens is 1. The predicted molar refractivity (Wildman–Crippen MR) is 102 cm³/mol. The van der Waals surface area contributed by atoms with Crippen molar-refractivity contribution in [2.75, 3.05) is 36.4 Å². The van der Waals surface area contributed by atoms with E-state index >= 15 is 0 Å². The summed E-state index contributed by atoms with van der Waals surface area (Å²) in [6.07, 6.45) is 1.78. The highest BCUT2D eigenvalue weighted by molar-refractivity contribution is 7.13. The molecule has 1 atom stereocenters. The van der Waals surface area contributed by atoms with Gasteiger partial charge < -0.3 is 10.2 Å². The van der Waals surface area contributed by atoms with Crippen LogP contribution >= 0.6 is 22.9 Å². The van der Waals surface area contributed by atoms with E-state index in [1.807, 2.05) is 12.3 Å². The van der Waals surface area contributed by atoms with Crippen molar-refractivity contribution in [2.24, 2.45) is 0 Å². The zero-order valence-electron chi connectivity index (χ0n) is 14.1. The molecule has 0 aliphatic carbocycles. The maximum absolute atomic E-state index is 12.6. The molecule has 138 valence electrons. The fraction of sp³-hybridized carbons (Fsp3) is 0.375. The Labute approximate surface area is 159 Å². The molecular weight excluding hydrogens is 378 g/mol. The van der Waals surface area contributed by atoms with Crippen molar-refractivity contribution in [3.8, 4) is 0 Å². The monoisotopic (exact) mass is 395 g/mol. The first-order valence-corrected chi connectivity index (χ1v) is 9.35. The molecule has 1 amide bonds. The van der Waals surface area contributed by atoms with Crippen molar-refractivity contribution < 1.29 is 9.72 Å². The summed E-state index contributed by atoms with van der Waals surface area (Å²) in [6, 6.07) is 3.61. The minimum atomic E-state index is -0.521. The third-order valence-electron chi connectivity index (χ3n) is 4.35. The van der Waals surface area contributed by atoms with Gasteiger partial charge >= 0.3 is 0 Å². The maximum Gasteiger partial charge on any atom is 0.271 e. The number of thiazole rings is 1. The van der Waals surface area contributed by atoms with Crippen molar-refractivity contribution in [1.82, 2.24) is 9.88 Å². The second-order valence-corrected chi connectivity index (χ2v) is 7.20. The zero-order chi connectivity index (χ0) is 18.7. The fourth-order valence-corrected chi connectivity index (χ4v) is 3.66. The van der Waals surface area contributed by atoms with Crippen molar-refractivity contribution in [1.29, 1.82) is 0 Å². The summed E-state index contributed by atoms with van der Waals surface area (Å²) < 4.78 is 0. The molecule has 1 aromatic heterocycles. The van der Waals surface area contributed by atoms with Crippen molar-refractivity contribution >= 4 is 45.4 Å². The van der Waals surface area contributed by atoms with Gasteiger partial charge in [-0.2, -0.15) is 0 Å². The van der Waals surface area contributed by atoms with Crippen LogP contribution in [0.4, 0.5) is 16.5 Å². The summed E-state index contributed by atoms with van der Waals surface area (Å²) in [5.74, 6) is -0.241. The number of amides is 1. The molecule has 8 nitrogen and oxygen atoms in total. The second-order valence-electron chi connectivity index (χ2n) is 5.92. The highest BCUT2D eigenvalue weighted by Gasteiger charge is 2.27. The molecule has 1 saturated heterocycles. The Hall–Kier alpha value is -2.23. The van der Waals surface area contributed by atoms with Crippen LogP contribution in [0.15, 0.2) is 29.8 Å². The lowest BCUT2D eigenvalue weighted by molar-refractivity contribution is -0.384. The molecule has 1 N–H and O–H groups in total. The molecule has 3 rings (SSSR count). The molecule has 0 bridgehead atoms. The van der Waals surface area contributed by atoms with E-state index in [0.29, 0.717) is 0 Å². The van der Waals surface area contributed by atoms with Gasteiger partial charge in [-0.15, -0.1) is 11.3 Å². The van der Waals surface area contributed by atoms with E-state index in [9.17, 15) is 14.9 Å². The minimum Gasteiger partial charge on any atom is -0.346 e. The normalized spacial score (nSPS) is 16.3. The molecule has 0 spiro atoms. The first-order chi connectivity index (χ1) is 12.5. The molecule has 1 fully saturated rings. The summed E-state index contributed by atoms with van der Waals surface area (Å²) in [4.78, 5) is 31.5. The van der Waals surface area contributed by atoms with Crippen LogP contribution in [0.25, 0.3) is 0 Å². The quantitative estimate of drug-likeness (QED) is 0.618. The van der Waals surface area contributed by atoms with Crippen LogP contribution in [0.1, 0.15) is 6.92 Å². The Morgan fingerprint density at radius 2 is 2.12 bits per heavy atom. The SMILES string of the molecule is C[C@@H](C(=O)Nc1cc([N+](=O)[O-])ccc1Cl)N1CCN(c2nccs2)CC1. The molecule has 0 saturated carbocycles. The van der Waals surface area contributed by atoms with Gasteiger partial charge in [-0.3, -0.25) is 19.8 Å². The Morgan fingerprint density at radius 3 is 2.73 bits per heavy atom. The number of rotatable bonds is 5. The number of nitrogens with one attached hydrogen (secondary N) is 1. The number of benzene rings is 1. The minimum absolute atomic E-state index is 0.116. The number of hydrogen-bond acceptors (Lipinski definition) is 7. The van der Waals surface area contributed by atoms with Gasteiger partial charge in [0.15, 0.2) is 5.13 Å². The zero-order valence-corrected chi connectivity index (χ0v) is 15.7. The fourth-order valence-electron chi connectivity index (χ4n) is 2.80. The van der Waals surface area contributed by atoms with Gasteiger partial charge in [-0.1, -0.05) is 11.6 Å². The largest absolute Gasteiger partial charge is 0.346 e. The Kier molecular flexibility index (Phi) is 5.70. The van der Waals surface area contributed by atoms with Gasteiger partial charge in [0, 0.05) is 49.9 Å². The highest BCUT2D eigenvalue weighted by Crippen LogP contribution is 2.27. The average molecular weight is 396 g/mol. The first-order valence-electron chi connectivity index (χ1n) is 8.09. The van der Waals surface area contributed by atoms with Crippen molar-refractivity contribution in [3.63, 3.8) is 0 Å². The molecule has 26 heavy (non-hydrogen) atoms. The number of anilines is 2. The van der Waals surface area contributed by atoms with Crippen molar-refractivity contribution in [3.05, 3.63) is 44.9 Å². The summed E-state index contributed by atoms with van der Waals surface area (Å²) in [6.45, 7) is 4.87. The molecule has 0 unspecified atom stereocenters. The van der Waals surface area contributed by atoms with Gasteiger partial charge in [0.25, 0.3) is 5.69 Å². The van der Waals surface area contributed by atoms with Crippen LogP contribution < -0.4 is 10.2 Å². The maximum atomic E-state index is 12.6. The Morgan fingerprint density at radius 1 is 1.38 bits per heavy atom. The number of carbonyl (C=O) groups excluding carboxylic acids is 1. The van der Waals surface area contributed by atoms with Crippen LogP contribution in [0, 0.1) is 10.1 Å². The second kappa shape index (κ2) is 7.98. The van der Waals surface area contributed by atoms with Gasteiger partial charge in [-0.05, 0) is 13.0 Å². The van der Waals surface area contributed by atoms with Gasteiger partial charge in [0.05, 0.1) is 21.7 Å². The van der Waals surface area contributed by atoms with Crippen LogP contribution in [0.5, 0.6) is 0 Å². The molecule has 1 aromatic carbocycles. The number of nitro benzene ring substituents is 1. The van der Waals surface area contributed by atoms with Crippen molar-refractivity contribution in [2.45, 2.75) is 13.0 Å². The van der Waals surface area contributed by atoms with Gasteiger partial charge in [-0.25, -0.2) is 4.98 Å². The van der Waals surface area contributed by atoms with Crippen LogP contribution in [0.3, 0.4) is 0 Å². The lowest BCUT2D eigenvalue weighted by Gasteiger charge is -2.37. The smallest absolute Gasteiger partial charge is 0.271 e. The highest BCUT2D eigenvalue weighted by atomic mass is 35.5. The summed E-state index contributed by atoms with van der Waals surface area (Å²) in [5, 5.41) is 16.8. The number of carbonyl (C=O) groups is 1. The lowest BCUT2D eigenvalue weighted by Crippen LogP contribution is -2.52. The molecular formula is C16H18ClN5O3S. The number of nitrogens with zero attached hydrogens (tertiary/aromatic N) is 4. The number of aromatic nitrogens is 1. The van der Waals surface area contributed by atoms with Crippen LogP contribution in [-0.4, -0.2) is 52.9 Å². The standard InChI is InChI=1S/C16H18ClN5O3S/c1-11(20-5-7-21(8-6-20)16-18-4-9-26-16)15(23)19-14-10-12(22(24)25)2-3-13(14)17/h2-4,9-11H,5-8H2,1H3,(H,19,23)/t11-/m0/s1. The van der Waals surface area contributed by atoms with E-state index in [-0.39, 0.29) is 28.3 Å². The number of hydrogen-bond donors (Lipinski definition) is 1. The molecule has 2 aromatic rings. The van der Waals surface area contributed by atoms with Crippen LogP contribution in [0.2, 0.25) is 5.02 Å². The molecule has 2 heterocycles. The van der Waals surface area contributed by atoms with E-state index in [4.69, 9.17) is 11.6 Å². The molecule has 10 heteroatoms. The summed E-state index contributed by atoms with van der Waals surface area (Å²) >= 11 is 7.65. The molecule has 1 aliphatic rings. The van der Waals surface area contributed by atoms with E-state index in [1.165, 1.54) is 18.2 Å². The average Bonchev–Trinajstić information content (AvgIpc) is 3.17. The van der Waals surface area contributed by atoms with E-state index in [2.05, 4.69) is 20.1 Å². The Bertz CT molecular complexity index is 793. The Balaban J connectivity index is 1.60. The summed E-state index contributed by atoms with van der Waals surface area (Å²) in [7, 11) is 0. The topological polar surface area (TPSA) is 91.6 Å². The third-order valence-corrected chi connectivity index (χ3v) is 5.51. The third kappa shape index (κ3) is 4.12. The van der Waals surface area contributed by atoms with E-state index in [0.717, 1.165) is 31.3 Å². The lowest BCUT2D eigenvalue weighted by atomic mass is 10.2. The molecule has 1 aliphatic heterocycles. The number of nitro groups is 1. The number of piperazine rings is 1. The number of non-ortho nitro benzene ring substituents is 1. The van der Waals surface area contributed by atoms with E-state index < -0.39 is 4.92 Å². The van der Waals surface area contributed by atoms with Crippen LogP contribution in [-0.2, 0) is 4.79 Å². The van der Waals surface area contributed by atoms with Gasteiger partial charge in [0.2, 0.25) is 5.91 Å².